The molecule has 0 saturated carbocycles. The zero-order valence-corrected chi connectivity index (χ0v) is 12.1. The van der Waals surface area contributed by atoms with E-state index in [4.69, 9.17) is 4.74 Å². The zero-order valence-electron chi connectivity index (χ0n) is 12.1. The third-order valence-electron chi connectivity index (χ3n) is 3.04. The van der Waals surface area contributed by atoms with Gasteiger partial charge in [0.15, 0.2) is 5.82 Å². The first-order valence-electron chi connectivity index (χ1n) is 6.80. The van der Waals surface area contributed by atoms with E-state index in [2.05, 4.69) is 10.1 Å². The number of ether oxygens (including phenoxy) is 1. The average molecular weight is 315 g/mol. The average Bonchev–Trinajstić information content (AvgIpc) is 2.90. The van der Waals surface area contributed by atoms with Crippen LogP contribution in [0.2, 0.25) is 0 Å². The molecule has 0 aliphatic rings. The standard InChI is InChI=1S/C14H16F3N3O2/c1-3-11(21)10-8-20(19-13(10)22-4-2)12-6-5-9(7-18-12)14(15,16)17/h5-8,11,21H,3-4H2,1-2H3. The lowest BCUT2D eigenvalue weighted by atomic mass is 10.1. The molecule has 8 heteroatoms. The summed E-state index contributed by atoms with van der Waals surface area (Å²) in [6.45, 7) is 3.94. The van der Waals surface area contributed by atoms with Crippen molar-refractivity contribution in [3.8, 4) is 11.7 Å². The van der Waals surface area contributed by atoms with E-state index < -0.39 is 17.8 Å². The number of hydrogen-bond donors (Lipinski definition) is 1. The first-order chi connectivity index (χ1) is 10.4. The van der Waals surface area contributed by atoms with E-state index in [0.717, 1.165) is 12.3 Å². The SMILES string of the molecule is CCOc1nn(-c2ccc(C(F)(F)F)cn2)cc1C(O)CC. The molecule has 22 heavy (non-hydrogen) atoms. The van der Waals surface area contributed by atoms with Gasteiger partial charge in [-0.3, -0.25) is 0 Å². The second-order valence-electron chi connectivity index (χ2n) is 4.59. The largest absolute Gasteiger partial charge is 0.477 e. The monoisotopic (exact) mass is 315 g/mol. The highest BCUT2D eigenvalue weighted by molar-refractivity contribution is 5.32. The highest BCUT2D eigenvalue weighted by atomic mass is 19.4. The third-order valence-corrected chi connectivity index (χ3v) is 3.04. The van der Waals surface area contributed by atoms with Crippen LogP contribution in [0.25, 0.3) is 5.82 Å². The van der Waals surface area contributed by atoms with Crippen molar-refractivity contribution in [2.24, 2.45) is 0 Å². The molecule has 0 aliphatic heterocycles. The Kier molecular flexibility index (Phi) is 4.70. The van der Waals surface area contributed by atoms with Gasteiger partial charge in [0.25, 0.3) is 0 Å². The fourth-order valence-corrected chi connectivity index (χ4v) is 1.88. The lowest BCUT2D eigenvalue weighted by molar-refractivity contribution is -0.137. The fourth-order valence-electron chi connectivity index (χ4n) is 1.88. The molecule has 0 radical (unpaired) electrons. The number of rotatable bonds is 5. The van der Waals surface area contributed by atoms with E-state index >= 15 is 0 Å². The van der Waals surface area contributed by atoms with Crippen molar-refractivity contribution in [1.29, 1.82) is 0 Å². The second kappa shape index (κ2) is 6.35. The number of aromatic nitrogens is 3. The quantitative estimate of drug-likeness (QED) is 0.921. The molecule has 0 amide bonds. The van der Waals surface area contributed by atoms with Crippen molar-refractivity contribution in [1.82, 2.24) is 14.8 Å². The number of hydrogen-bond acceptors (Lipinski definition) is 4. The van der Waals surface area contributed by atoms with E-state index in [-0.39, 0.29) is 11.7 Å². The van der Waals surface area contributed by atoms with Crippen LogP contribution < -0.4 is 4.74 Å². The van der Waals surface area contributed by atoms with Crippen molar-refractivity contribution in [2.75, 3.05) is 6.61 Å². The van der Waals surface area contributed by atoms with Crippen LogP contribution in [0, 0.1) is 0 Å². The summed E-state index contributed by atoms with van der Waals surface area (Å²) in [5, 5.41) is 14.1. The topological polar surface area (TPSA) is 60.2 Å². The number of halogens is 3. The molecule has 0 fully saturated rings. The molecular formula is C14H16F3N3O2. The van der Waals surface area contributed by atoms with Crippen LogP contribution >= 0.6 is 0 Å². The summed E-state index contributed by atoms with van der Waals surface area (Å²) in [5.74, 6) is 0.460. The summed E-state index contributed by atoms with van der Waals surface area (Å²) in [4.78, 5) is 3.76. The molecule has 1 atom stereocenters. The van der Waals surface area contributed by atoms with Gasteiger partial charge in [0, 0.05) is 12.4 Å². The van der Waals surface area contributed by atoms with E-state index in [1.165, 1.54) is 16.9 Å². The molecule has 2 aromatic heterocycles. The van der Waals surface area contributed by atoms with Gasteiger partial charge in [0.1, 0.15) is 0 Å². The molecule has 0 aliphatic carbocycles. The van der Waals surface area contributed by atoms with Crippen LogP contribution in [0.15, 0.2) is 24.5 Å². The van der Waals surface area contributed by atoms with Gasteiger partial charge in [-0.05, 0) is 25.5 Å². The lowest BCUT2D eigenvalue weighted by Crippen LogP contribution is -2.07. The lowest BCUT2D eigenvalue weighted by Gasteiger charge is -2.07. The third kappa shape index (κ3) is 3.38. The van der Waals surface area contributed by atoms with Crippen molar-refractivity contribution in [2.45, 2.75) is 32.5 Å². The first-order valence-corrected chi connectivity index (χ1v) is 6.80. The molecular weight excluding hydrogens is 299 g/mol. The molecule has 0 aromatic carbocycles. The normalized spacial score (nSPS) is 13.2. The Bertz CT molecular complexity index is 623. The van der Waals surface area contributed by atoms with Crippen LogP contribution in [0.4, 0.5) is 13.2 Å². The molecule has 120 valence electrons. The Morgan fingerprint density at radius 2 is 2.05 bits per heavy atom. The van der Waals surface area contributed by atoms with Gasteiger partial charge < -0.3 is 9.84 Å². The van der Waals surface area contributed by atoms with Crippen molar-refractivity contribution < 1.29 is 23.0 Å². The molecule has 0 saturated heterocycles. The second-order valence-corrected chi connectivity index (χ2v) is 4.59. The number of alkyl halides is 3. The van der Waals surface area contributed by atoms with Crippen molar-refractivity contribution >= 4 is 0 Å². The summed E-state index contributed by atoms with van der Waals surface area (Å²) in [6.07, 6.45) is -2.48. The maximum Gasteiger partial charge on any atom is 0.417 e. The smallest absolute Gasteiger partial charge is 0.417 e. The zero-order chi connectivity index (χ0) is 16.3. The van der Waals surface area contributed by atoms with Gasteiger partial charge in [-0.2, -0.15) is 13.2 Å². The van der Waals surface area contributed by atoms with E-state index in [0.29, 0.717) is 18.6 Å². The van der Waals surface area contributed by atoms with E-state index in [1.54, 1.807) is 13.8 Å². The summed E-state index contributed by atoms with van der Waals surface area (Å²) in [6, 6.07) is 2.15. The van der Waals surface area contributed by atoms with Crippen molar-refractivity contribution in [3.05, 3.63) is 35.7 Å². The van der Waals surface area contributed by atoms with Crippen LogP contribution in [0.1, 0.15) is 37.5 Å². The highest BCUT2D eigenvalue weighted by Gasteiger charge is 2.30. The molecule has 2 rings (SSSR count). The molecule has 0 spiro atoms. The Morgan fingerprint density at radius 1 is 1.32 bits per heavy atom. The van der Waals surface area contributed by atoms with Crippen LogP contribution in [-0.2, 0) is 6.18 Å². The minimum Gasteiger partial charge on any atom is -0.477 e. The molecule has 5 nitrogen and oxygen atoms in total. The summed E-state index contributed by atoms with van der Waals surface area (Å²) < 4.78 is 44.2. The Labute approximate surface area is 125 Å². The Balaban J connectivity index is 2.36. The summed E-state index contributed by atoms with van der Waals surface area (Å²) in [7, 11) is 0. The van der Waals surface area contributed by atoms with Gasteiger partial charge >= 0.3 is 6.18 Å². The molecule has 0 bridgehead atoms. The van der Waals surface area contributed by atoms with E-state index in [9.17, 15) is 18.3 Å². The van der Waals surface area contributed by atoms with Gasteiger partial charge in [-0.15, -0.1) is 5.10 Å². The molecule has 2 aromatic rings. The summed E-state index contributed by atoms with van der Waals surface area (Å²) in [5.41, 5.74) is -0.353. The molecule has 1 N–H and O–H groups in total. The number of aliphatic hydroxyl groups is 1. The number of aliphatic hydroxyl groups excluding tert-OH is 1. The predicted octanol–water partition coefficient (Wildman–Crippen LogP) is 3.13. The van der Waals surface area contributed by atoms with Gasteiger partial charge in [0.2, 0.25) is 5.88 Å². The van der Waals surface area contributed by atoms with E-state index in [1.807, 2.05) is 0 Å². The Hall–Kier alpha value is -2.09. The predicted molar refractivity (Wildman–Crippen MR) is 72.8 cm³/mol. The minimum atomic E-state index is -4.43. The number of pyridine rings is 1. The fraction of sp³-hybridized carbons (Fsp3) is 0.429. The van der Waals surface area contributed by atoms with Crippen molar-refractivity contribution in [3.63, 3.8) is 0 Å². The molecule has 2 heterocycles. The maximum atomic E-state index is 12.5. The van der Waals surface area contributed by atoms with Crippen LogP contribution in [-0.4, -0.2) is 26.5 Å². The van der Waals surface area contributed by atoms with Gasteiger partial charge in [-0.25, -0.2) is 9.67 Å². The van der Waals surface area contributed by atoms with Crippen LogP contribution in [0.3, 0.4) is 0 Å². The highest BCUT2D eigenvalue weighted by Crippen LogP contribution is 2.30. The minimum absolute atomic E-state index is 0.212. The Morgan fingerprint density at radius 3 is 2.55 bits per heavy atom. The maximum absolute atomic E-state index is 12.5. The first kappa shape index (κ1) is 16.3. The van der Waals surface area contributed by atoms with Gasteiger partial charge in [-0.1, -0.05) is 6.92 Å². The van der Waals surface area contributed by atoms with Gasteiger partial charge in [0.05, 0.1) is 23.8 Å². The summed E-state index contributed by atoms with van der Waals surface area (Å²) >= 11 is 0. The van der Waals surface area contributed by atoms with Crippen LogP contribution in [0.5, 0.6) is 5.88 Å². The molecule has 1 unspecified atom stereocenters. The number of nitrogens with zero attached hydrogens (tertiary/aromatic N) is 3.